The third kappa shape index (κ3) is 3.85. The minimum absolute atomic E-state index is 0.151. The van der Waals surface area contributed by atoms with Crippen LogP contribution in [-0.4, -0.2) is 30.1 Å². The van der Waals surface area contributed by atoms with E-state index in [1.165, 1.54) is 7.11 Å². The average Bonchev–Trinajstić information content (AvgIpc) is 2.55. The van der Waals surface area contributed by atoms with Gasteiger partial charge >= 0.3 is 5.97 Å². The Morgan fingerprint density at radius 1 is 1.09 bits per heavy atom. The Kier molecular flexibility index (Phi) is 5.14. The number of nitrogens with one attached hydrogen (secondary N) is 1. The summed E-state index contributed by atoms with van der Waals surface area (Å²) < 4.78 is 5.21. The number of hydrogen-bond donors (Lipinski definition) is 2. The van der Waals surface area contributed by atoms with E-state index in [1.807, 2.05) is 0 Å². The molecular weight excluding hydrogens is 282 g/mol. The van der Waals surface area contributed by atoms with E-state index in [4.69, 9.17) is 4.74 Å². The summed E-state index contributed by atoms with van der Waals surface area (Å²) in [7, 11) is 1.52. The van der Waals surface area contributed by atoms with Gasteiger partial charge in [0.05, 0.1) is 7.11 Å². The van der Waals surface area contributed by atoms with Crippen molar-refractivity contribution in [1.82, 2.24) is 5.32 Å². The maximum atomic E-state index is 12.1. The number of carbonyl (C=O) groups excluding carboxylic acids is 1. The molecule has 1 amide bonds. The predicted molar refractivity (Wildman–Crippen MR) is 82.0 cm³/mol. The highest BCUT2D eigenvalue weighted by Crippen LogP contribution is 2.19. The maximum absolute atomic E-state index is 12.1. The smallest absolute Gasteiger partial charge is 0.326 e. The van der Waals surface area contributed by atoms with Crippen LogP contribution in [0.25, 0.3) is 0 Å². The molecule has 0 aromatic heterocycles. The zero-order valence-electron chi connectivity index (χ0n) is 12.2. The Balaban J connectivity index is 2.14. The van der Waals surface area contributed by atoms with Crippen LogP contribution in [0.3, 0.4) is 0 Å². The van der Waals surface area contributed by atoms with Crippen molar-refractivity contribution < 1.29 is 19.4 Å². The molecule has 0 unspecified atom stereocenters. The fourth-order valence-corrected chi connectivity index (χ4v) is 2.12. The topological polar surface area (TPSA) is 75.6 Å². The van der Waals surface area contributed by atoms with E-state index in [1.54, 1.807) is 54.6 Å². The van der Waals surface area contributed by atoms with Crippen LogP contribution in [0.1, 0.15) is 15.9 Å². The molecule has 5 heteroatoms. The molecule has 22 heavy (non-hydrogen) atoms. The van der Waals surface area contributed by atoms with Gasteiger partial charge in [0.1, 0.15) is 11.8 Å². The number of carbonyl (C=O) groups is 2. The number of methoxy groups -OCH3 is 1. The first kappa shape index (κ1) is 15.6. The van der Waals surface area contributed by atoms with Gasteiger partial charge in [-0.25, -0.2) is 4.79 Å². The third-order valence-corrected chi connectivity index (χ3v) is 3.26. The first-order valence-corrected chi connectivity index (χ1v) is 6.82. The molecule has 0 aliphatic rings. The van der Waals surface area contributed by atoms with E-state index in [0.29, 0.717) is 11.3 Å². The first-order chi connectivity index (χ1) is 10.6. The molecule has 2 aromatic carbocycles. The number of rotatable bonds is 6. The molecule has 2 rings (SSSR count). The second kappa shape index (κ2) is 7.26. The number of amides is 1. The van der Waals surface area contributed by atoms with Gasteiger partial charge in [-0.2, -0.15) is 0 Å². The van der Waals surface area contributed by atoms with Gasteiger partial charge in [-0.15, -0.1) is 0 Å². The van der Waals surface area contributed by atoms with Crippen molar-refractivity contribution in [3.63, 3.8) is 0 Å². The van der Waals surface area contributed by atoms with E-state index in [9.17, 15) is 14.7 Å². The highest BCUT2D eigenvalue weighted by Gasteiger charge is 2.22. The van der Waals surface area contributed by atoms with E-state index in [2.05, 4.69) is 5.32 Å². The van der Waals surface area contributed by atoms with Gasteiger partial charge in [0.15, 0.2) is 0 Å². The zero-order valence-corrected chi connectivity index (χ0v) is 12.2. The van der Waals surface area contributed by atoms with Gasteiger partial charge in [-0.1, -0.05) is 36.4 Å². The van der Waals surface area contributed by atoms with Gasteiger partial charge < -0.3 is 15.2 Å². The van der Waals surface area contributed by atoms with Gasteiger partial charge in [0.2, 0.25) is 0 Å². The lowest BCUT2D eigenvalue weighted by Crippen LogP contribution is -2.42. The van der Waals surface area contributed by atoms with Crippen molar-refractivity contribution in [3.05, 3.63) is 65.7 Å². The summed E-state index contributed by atoms with van der Waals surface area (Å²) in [5, 5.41) is 11.9. The molecule has 0 saturated heterocycles. The summed E-state index contributed by atoms with van der Waals surface area (Å²) in [6, 6.07) is 14.6. The van der Waals surface area contributed by atoms with Gasteiger partial charge in [0, 0.05) is 12.0 Å². The van der Waals surface area contributed by atoms with Crippen LogP contribution in [0.5, 0.6) is 5.75 Å². The van der Waals surface area contributed by atoms with Gasteiger partial charge in [-0.3, -0.25) is 4.79 Å². The Morgan fingerprint density at radius 3 is 2.36 bits per heavy atom. The molecule has 2 N–H and O–H groups in total. The molecule has 0 heterocycles. The lowest BCUT2D eigenvalue weighted by atomic mass is 10.0. The summed E-state index contributed by atoms with van der Waals surface area (Å²) >= 11 is 0. The molecule has 0 spiro atoms. The minimum Gasteiger partial charge on any atom is -0.496 e. The van der Waals surface area contributed by atoms with Crippen LogP contribution in [0.15, 0.2) is 54.6 Å². The molecule has 0 radical (unpaired) electrons. The van der Waals surface area contributed by atoms with Crippen LogP contribution in [0.4, 0.5) is 0 Å². The highest BCUT2D eigenvalue weighted by atomic mass is 16.5. The maximum Gasteiger partial charge on any atom is 0.326 e. The summed E-state index contributed by atoms with van der Waals surface area (Å²) in [5.41, 5.74) is 1.15. The molecule has 0 bridgehead atoms. The fourth-order valence-electron chi connectivity index (χ4n) is 2.12. The largest absolute Gasteiger partial charge is 0.496 e. The summed E-state index contributed by atoms with van der Waals surface area (Å²) in [6.45, 7) is 0. The lowest BCUT2D eigenvalue weighted by Gasteiger charge is -2.16. The van der Waals surface area contributed by atoms with Crippen LogP contribution in [0.2, 0.25) is 0 Å². The Bertz CT molecular complexity index is 655. The molecule has 114 valence electrons. The fraction of sp³-hybridized carbons (Fsp3) is 0.176. The number of benzene rings is 2. The lowest BCUT2D eigenvalue weighted by molar-refractivity contribution is -0.139. The van der Waals surface area contributed by atoms with Crippen molar-refractivity contribution in [3.8, 4) is 5.75 Å². The second-order valence-electron chi connectivity index (χ2n) is 4.75. The van der Waals surface area contributed by atoms with Crippen molar-refractivity contribution in [2.75, 3.05) is 7.11 Å². The van der Waals surface area contributed by atoms with E-state index in [-0.39, 0.29) is 6.42 Å². The number of carboxylic acid groups (broad SMARTS) is 1. The van der Waals surface area contributed by atoms with Crippen molar-refractivity contribution in [1.29, 1.82) is 0 Å². The SMILES string of the molecule is COc1ccccc1C[C@@H](NC(=O)c1ccccc1)C(=O)O. The first-order valence-electron chi connectivity index (χ1n) is 6.82. The average molecular weight is 299 g/mol. The summed E-state index contributed by atoms with van der Waals surface area (Å²) in [5.74, 6) is -0.902. The molecule has 0 aliphatic carbocycles. The quantitative estimate of drug-likeness (QED) is 0.856. The van der Waals surface area contributed by atoms with Crippen LogP contribution in [-0.2, 0) is 11.2 Å². The number of ether oxygens (including phenoxy) is 1. The van der Waals surface area contributed by atoms with E-state index < -0.39 is 17.9 Å². The molecule has 0 fully saturated rings. The normalized spacial score (nSPS) is 11.5. The monoisotopic (exact) mass is 299 g/mol. The van der Waals surface area contributed by atoms with Crippen molar-refractivity contribution >= 4 is 11.9 Å². The number of hydrogen-bond acceptors (Lipinski definition) is 3. The standard InChI is InChI=1S/C17H17NO4/c1-22-15-10-6-5-9-13(15)11-14(17(20)21)18-16(19)12-7-3-2-4-8-12/h2-10,14H,11H2,1H3,(H,18,19)(H,20,21)/t14-/m1/s1. The Labute approximate surface area is 128 Å². The van der Waals surface area contributed by atoms with Crippen molar-refractivity contribution in [2.45, 2.75) is 12.5 Å². The second-order valence-corrected chi connectivity index (χ2v) is 4.75. The molecule has 0 saturated carbocycles. The minimum atomic E-state index is -1.09. The molecule has 1 atom stereocenters. The van der Waals surface area contributed by atoms with Gasteiger partial charge in [-0.05, 0) is 23.8 Å². The van der Waals surface area contributed by atoms with E-state index >= 15 is 0 Å². The molecule has 5 nitrogen and oxygen atoms in total. The third-order valence-electron chi connectivity index (χ3n) is 3.26. The number of carboxylic acids is 1. The summed E-state index contributed by atoms with van der Waals surface area (Å²) in [4.78, 5) is 23.5. The molecule has 0 aliphatic heterocycles. The summed E-state index contributed by atoms with van der Waals surface area (Å²) in [6.07, 6.45) is 0.151. The zero-order chi connectivity index (χ0) is 15.9. The number of para-hydroxylation sites is 1. The Morgan fingerprint density at radius 2 is 1.73 bits per heavy atom. The van der Waals surface area contributed by atoms with Crippen LogP contribution < -0.4 is 10.1 Å². The predicted octanol–water partition coefficient (Wildman–Crippen LogP) is 2.12. The van der Waals surface area contributed by atoms with Crippen LogP contribution >= 0.6 is 0 Å². The Hall–Kier alpha value is -2.82. The van der Waals surface area contributed by atoms with E-state index in [0.717, 1.165) is 5.56 Å². The molecule has 2 aromatic rings. The molecular formula is C17H17NO4. The van der Waals surface area contributed by atoms with Crippen LogP contribution in [0, 0.1) is 0 Å². The number of aliphatic carboxylic acids is 1. The van der Waals surface area contributed by atoms with Gasteiger partial charge in [0.25, 0.3) is 5.91 Å². The highest BCUT2D eigenvalue weighted by molar-refractivity contribution is 5.96. The van der Waals surface area contributed by atoms with Crippen molar-refractivity contribution in [2.24, 2.45) is 0 Å².